The molecule has 0 saturated carbocycles. The molecular weight excluding hydrogens is 374 g/mol. The van der Waals surface area contributed by atoms with Crippen molar-refractivity contribution < 1.29 is 9.18 Å². The fourth-order valence-corrected chi connectivity index (χ4v) is 3.48. The topological polar surface area (TPSA) is 32.3 Å². The molecule has 1 N–H and O–H groups in total. The average Bonchev–Trinajstić information content (AvgIpc) is 2.65. The summed E-state index contributed by atoms with van der Waals surface area (Å²) in [5.41, 5.74) is 2.45. The molecule has 0 saturated heterocycles. The van der Waals surface area contributed by atoms with Gasteiger partial charge in [0.1, 0.15) is 12.0 Å². The van der Waals surface area contributed by atoms with E-state index in [1.165, 1.54) is 23.1 Å². The molecule has 1 atom stereocenters. The number of halogens is 3. The van der Waals surface area contributed by atoms with E-state index in [0.29, 0.717) is 22.0 Å². The van der Waals surface area contributed by atoms with E-state index < -0.39 is 12.0 Å². The van der Waals surface area contributed by atoms with Crippen LogP contribution in [0.5, 0.6) is 0 Å². The molecule has 0 fully saturated rings. The lowest BCUT2D eigenvalue weighted by atomic mass is 10.0. The number of hydrogen-bond donors (Lipinski definition) is 1. The van der Waals surface area contributed by atoms with Crippen LogP contribution < -0.4 is 10.2 Å². The molecule has 1 amide bonds. The summed E-state index contributed by atoms with van der Waals surface area (Å²) in [5.74, 6) is -0.755. The summed E-state index contributed by atoms with van der Waals surface area (Å²) in [6, 6.07) is 18.7. The molecule has 0 bridgehead atoms. The summed E-state index contributed by atoms with van der Waals surface area (Å²) >= 11 is 12.3. The van der Waals surface area contributed by atoms with Crippen LogP contribution in [0.2, 0.25) is 10.0 Å². The van der Waals surface area contributed by atoms with Gasteiger partial charge in [0.25, 0.3) is 5.91 Å². The molecule has 0 spiro atoms. The van der Waals surface area contributed by atoms with Gasteiger partial charge in [0.15, 0.2) is 0 Å². The number of rotatable bonds is 2. The van der Waals surface area contributed by atoms with Gasteiger partial charge in [-0.2, -0.15) is 0 Å². The quantitative estimate of drug-likeness (QED) is 0.594. The molecule has 3 aromatic carbocycles. The van der Waals surface area contributed by atoms with Crippen LogP contribution in [0.1, 0.15) is 22.1 Å². The second-order valence-electron chi connectivity index (χ2n) is 5.89. The smallest absolute Gasteiger partial charge is 0.262 e. The van der Waals surface area contributed by atoms with E-state index in [2.05, 4.69) is 5.32 Å². The van der Waals surface area contributed by atoms with Crippen molar-refractivity contribution in [1.82, 2.24) is 0 Å². The van der Waals surface area contributed by atoms with Gasteiger partial charge in [-0.05, 0) is 36.4 Å². The first-order valence-corrected chi connectivity index (χ1v) is 8.70. The summed E-state index contributed by atoms with van der Waals surface area (Å²) in [6.07, 6.45) is -0.548. The third-order valence-corrected chi connectivity index (χ3v) is 4.94. The number of carbonyl (C=O) groups is 1. The van der Waals surface area contributed by atoms with Gasteiger partial charge >= 0.3 is 0 Å². The highest BCUT2D eigenvalue weighted by atomic mass is 35.5. The van der Waals surface area contributed by atoms with Gasteiger partial charge in [-0.3, -0.25) is 9.69 Å². The summed E-state index contributed by atoms with van der Waals surface area (Å²) < 4.78 is 13.6. The Morgan fingerprint density at radius 2 is 1.65 bits per heavy atom. The number of fused-ring (bicyclic) bond motifs is 1. The first-order chi connectivity index (χ1) is 12.6. The molecule has 0 unspecified atom stereocenters. The average molecular weight is 387 g/mol. The molecule has 26 heavy (non-hydrogen) atoms. The molecule has 0 radical (unpaired) electrons. The fraction of sp³-hybridized carbons (Fsp3) is 0.0500. The van der Waals surface area contributed by atoms with E-state index in [4.69, 9.17) is 23.2 Å². The number of nitrogens with one attached hydrogen (secondary N) is 1. The van der Waals surface area contributed by atoms with Crippen molar-refractivity contribution in [1.29, 1.82) is 0 Å². The van der Waals surface area contributed by atoms with Crippen LogP contribution in [0.3, 0.4) is 0 Å². The zero-order chi connectivity index (χ0) is 18.3. The Morgan fingerprint density at radius 1 is 0.923 bits per heavy atom. The monoisotopic (exact) mass is 386 g/mol. The van der Waals surface area contributed by atoms with Crippen molar-refractivity contribution in [2.24, 2.45) is 0 Å². The van der Waals surface area contributed by atoms with Crippen molar-refractivity contribution in [3.8, 4) is 0 Å². The van der Waals surface area contributed by atoms with E-state index in [9.17, 15) is 9.18 Å². The zero-order valence-corrected chi connectivity index (χ0v) is 14.9. The lowest BCUT2D eigenvalue weighted by molar-refractivity contribution is 0.0975. The van der Waals surface area contributed by atoms with E-state index in [0.717, 1.165) is 5.56 Å². The summed E-state index contributed by atoms with van der Waals surface area (Å²) in [6.45, 7) is 0. The van der Waals surface area contributed by atoms with Gasteiger partial charge < -0.3 is 5.32 Å². The second-order valence-corrected chi connectivity index (χ2v) is 6.70. The predicted molar refractivity (Wildman–Crippen MR) is 102 cm³/mol. The van der Waals surface area contributed by atoms with Gasteiger partial charge in [-0.1, -0.05) is 53.5 Å². The highest BCUT2D eigenvalue weighted by molar-refractivity contribution is 6.32. The number of nitrogens with zero attached hydrogens (tertiary/aromatic N) is 1. The number of amides is 1. The third-order valence-electron chi connectivity index (χ3n) is 4.31. The number of carbonyl (C=O) groups excluding carboxylic acids is 1. The molecular formula is C20H13Cl2FN2O. The summed E-state index contributed by atoms with van der Waals surface area (Å²) in [4.78, 5) is 14.8. The Morgan fingerprint density at radius 3 is 2.42 bits per heavy atom. The minimum atomic E-state index is -0.548. The lowest BCUT2D eigenvalue weighted by Gasteiger charge is -2.38. The minimum Gasteiger partial charge on any atom is -0.360 e. The maximum absolute atomic E-state index is 13.6. The molecule has 6 heteroatoms. The van der Waals surface area contributed by atoms with Crippen LogP contribution in [0, 0.1) is 5.82 Å². The first-order valence-electron chi connectivity index (χ1n) is 7.95. The molecule has 0 aliphatic carbocycles. The van der Waals surface area contributed by atoms with Gasteiger partial charge in [0, 0.05) is 22.0 Å². The van der Waals surface area contributed by atoms with Crippen LogP contribution in [-0.2, 0) is 0 Å². The van der Waals surface area contributed by atoms with Crippen molar-refractivity contribution in [2.75, 3.05) is 10.2 Å². The van der Waals surface area contributed by atoms with Crippen LogP contribution in [0.4, 0.5) is 15.8 Å². The highest BCUT2D eigenvalue weighted by Gasteiger charge is 2.35. The standard InChI is InChI=1S/C20H13Cl2FN2O/c21-15-7-3-1-5-13(15)19-24-18-8-4-2-6-14(18)20(26)25(19)12-9-10-17(23)16(22)11-12/h1-11,19,24H/t19-/m0/s1. The number of anilines is 2. The molecule has 1 heterocycles. The van der Waals surface area contributed by atoms with Crippen LogP contribution >= 0.6 is 23.2 Å². The Balaban J connectivity index is 1.90. The van der Waals surface area contributed by atoms with Crippen molar-refractivity contribution in [3.05, 3.63) is 93.7 Å². The second kappa shape index (κ2) is 6.63. The van der Waals surface area contributed by atoms with E-state index in [1.807, 2.05) is 30.3 Å². The summed E-state index contributed by atoms with van der Waals surface area (Å²) in [7, 11) is 0. The Bertz CT molecular complexity index is 1010. The molecule has 3 nitrogen and oxygen atoms in total. The maximum atomic E-state index is 13.6. The Kier molecular flexibility index (Phi) is 4.31. The molecule has 130 valence electrons. The maximum Gasteiger partial charge on any atom is 0.262 e. The normalized spacial score (nSPS) is 16.2. The molecule has 0 aromatic heterocycles. The Labute approximate surface area is 160 Å². The van der Waals surface area contributed by atoms with Crippen LogP contribution in [0.15, 0.2) is 66.7 Å². The highest BCUT2D eigenvalue weighted by Crippen LogP contribution is 2.39. The first kappa shape index (κ1) is 16.9. The largest absolute Gasteiger partial charge is 0.360 e. The molecule has 1 aliphatic heterocycles. The molecule has 1 aliphatic rings. The third kappa shape index (κ3) is 2.81. The van der Waals surface area contributed by atoms with Crippen molar-refractivity contribution in [3.63, 3.8) is 0 Å². The minimum absolute atomic E-state index is 0.0490. The Hall–Kier alpha value is -2.56. The molecule has 3 aromatic rings. The SMILES string of the molecule is O=C1c2ccccc2N[C@H](c2ccccc2Cl)N1c1ccc(F)c(Cl)c1. The van der Waals surface area contributed by atoms with Gasteiger partial charge in [0.2, 0.25) is 0 Å². The number of para-hydroxylation sites is 1. The number of benzene rings is 3. The lowest BCUT2D eigenvalue weighted by Crippen LogP contribution is -2.43. The van der Waals surface area contributed by atoms with Crippen LogP contribution in [-0.4, -0.2) is 5.91 Å². The van der Waals surface area contributed by atoms with E-state index in [-0.39, 0.29) is 10.9 Å². The van der Waals surface area contributed by atoms with Crippen molar-refractivity contribution in [2.45, 2.75) is 6.17 Å². The number of hydrogen-bond acceptors (Lipinski definition) is 2. The van der Waals surface area contributed by atoms with E-state index in [1.54, 1.807) is 18.2 Å². The van der Waals surface area contributed by atoms with Gasteiger partial charge in [0.05, 0.1) is 10.6 Å². The predicted octanol–water partition coefficient (Wildman–Crippen LogP) is 5.90. The zero-order valence-electron chi connectivity index (χ0n) is 13.4. The van der Waals surface area contributed by atoms with Crippen molar-refractivity contribution >= 4 is 40.5 Å². The summed E-state index contributed by atoms with van der Waals surface area (Å²) in [5, 5.41) is 3.83. The van der Waals surface area contributed by atoms with Crippen LogP contribution in [0.25, 0.3) is 0 Å². The fourth-order valence-electron chi connectivity index (χ4n) is 3.07. The van der Waals surface area contributed by atoms with Gasteiger partial charge in [-0.15, -0.1) is 0 Å². The van der Waals surface area contributed by atoms with Gasteiger partial charge in [-0.25, -0.2) is 4.39 Å². The molecule has 4 rings (SSSR count). The van der Waals surface area contributed by atoms with E-state index >= 15 is 0 Å².